The van der Waals surface area contributed by atoms with E-state index in [1.165, 1.54) is 0 Å². The summed E-state index contributed by atoms with van der Waals surface area (Å²) in [5.41, 5.74) is 1.87. The molecule has 10 heteroatoms. The molecule has 3 saturated heterocycles. The largest absolute Gasteiger partial charge is 0.394 e. The van der Waals surface area contributed by atoms with Crippen molar-refractivity contribution in [2.45, 2.75) is 101 Å². The summed E-state index contributed by atoms with van der Waals surface area (Å²) in [6.07, 6.45) is -7.61. The third-order valence-corrected chi connectivity index (χ3v) is 7.46. The molecule has 2 aromatic rings. The van der Waals surface area contributed by atoms with Crippen molar-refractivity contribution in [3.05, 3.63) is 71.8 Å². The SMILES string of the molecule is CO[C@@H]1OC(C)[C@H](O[C@@H]2OC(CO)[C@H](O)C(OCc3ccccc3)[C@H]2OCc2ccccc2)[C@H]2OC(C)(C)OC12. The van der Waals surface area contributed by atoms with Crippen molar-refractivity contribution in [1.82, 2.24) is 0 Å². The van der Waals surface area contributed by atoms with Crippen LogP contribution in [0.25, 0.3) is 0 Å². The van der Waals surface area contributed by atoms with Crippen LogP contribution in [0, 0.1) is 0 Å². The lowest BCUT2D eigenvalue weighted by molar-refractivity contribution is -0.354. The number of benzene rings is 2. The van der Waals surface area contributed by atoms with Crippen molar-refractivity contribution in [2.75, 3.05) is 13.7 Å². The summed E-state index contributed by atoms with van der Waals surface area (Å²) in [6.45, 7) is 5.55. The van der Waals surface area contributed by atoms with Gasteiger partial charge in [-0.25, -0.2) is 0 Å². The van der Waals surface area contributed by atoms with Crippen molar-refractivity contribution < 1.29 is 48.1 Å². The Labute approximate surface area is 235 Å². The van der Waals surface area contributed by atoms with Gasteiger partial charge >= 0.3 is 0 Å². The fraction of sp³-hybridized carbons (Fsp3) is 0.600. The zero-order valence-corrected chi connectivity index (χ0v) is 23.3. The number of methoxy groups -OCH3 is 1. The van der Waals surface area contributed by atoms with Crippen molar-refractivity contribution in [1.29, 1.82) is 0 Å². The van der Waals surface area contributed by atoms with Gasteiger partial charge in [-0.05, 0) is 31.9 Å². The zero-order chi connectivity index (χ0) is 28.3. The lowest BCUT2D eigenvalue weighted by atomic mass is 9.97. The van der Waals surface area contributed by atoms with Gasteiger partial charge in [0.25, 0.3) is 0 Å². The third kappa shape index (κ3) is 6.57. The number of hydrogen-bond donors (Lipinski definition) is 2. The van der Waals surface area contributed by atoms with Crippen LogP contribution in [0.5, 0.6) is 0 Å². The summed E-state index contributed by atoms with van der Waals surface area (Å²) >= 11 is 0. The van der Waals surface area contributed by atoms with E-state index in [9.17, 15) is 10.2 Å². The molecule has 2 aromatic carbocycles. The fourth-order valence-corrected chi connectivity index (χ4v) is 5.50. The van der Waals surface area contributed by atoms with E-state index in [-0.39, 0.29) is 13.2 Å². The van der Waals surface area contributed by atoms with Crippen molar-refractivity contribution >= 4 is 0 Å². The molecule has 3 fully saturated rings. The highest BCUT2D eigenvalue weighted by Crippen LogP contribution is 2.40. The van der Waals surface area contributed by atoms with Gasteiger partial charge in [0.1, 0.15) is 42.7 Å². The van der Waals surface area contributed by atoms with Gasteiger partial charge in [0.2, 0.25) is 0 Å². The summed E-state index contributed by atoms with van der Waals surface area (Å²) in [6, 6.07) is 19.3. The minimum absolute atomic E-state index is 0.229. The summed E-state index contributed by atoms with van der Waals surface area (Å²) in [7, 11) is 1.56. The van der Waals surface area contributed by atoms with Crippen LogP contribution >= 0.6 is 0 Å². The smallest absolute Gasteiger partial charge is 0.187 e. The van der Waals surface area contributed by atoms with Crippen LogP contribution in [0.4, 0.5) is 0 Å². The van der Waals surface area contributed by atoms with Crippen LogP contribution in [0.3, 0.4) is 0 Å². The molecule has 3 heterocycles. The molecule has 10 atom stereocenters. The maximum absolute atomic E-state index is 11.2. The average molecular weight is 561 g/mol. The highest BCUT2D eigenvalue weighted by Gasteiger charge is 2.57. The molecule has 0 aromatic heterocycles. The molecule has 3 aliphatic heterocycles. The molecular formula is C30H40O10. The Morgan fingerprint density at radius 1 is 0.775 bits per heavy atom. The van der Waals surface area contributed by atoms with Crippen molar-refractivity contribution in [3.63, 3.8) is 0 Å². The molecule has 220 valence electrons. The molecule has 0 amide bonds. The van der Waals surface area contributed by atoms with Gasteiger partial charge in [0.15, 0.2) is 18.4 Å². The molecule has 40 heavy (non-hydrogen) atoms. The fourth-order valence-electron chi connectivity index (χ4n) is 5.50. The van der Waals surface area contributed by atoms with Crippen molar-refractivity contribution in [2.24, 2.45) is 0 Å². The van der Waals surface area contributed by atoms with Crippen molar-refractivity contribution in [3.8, 4) is 0 Å². The minimum Gasteiger partial charge on any atom is -0.394 e. The Bertz CT molecular complexity index is 1050. The molecule has 2 N–H and O–H groups in total. The van der Waals surface area contributed by atoms with Gasteiger partial charge in [0, 0.05) is 7.11 Å². The van der Waals surface area contributed by atoms with E-state index >= 15 is 0 Å². The first-order valence-corrected chi connectivity index (χ1v) is 13.7. The van der Waals surface area contributed by atoms with Crippen LogP contribution in [-0.4, -0.2) is 91.1 Å². The second-order valence-corrected chi connectivity index (χ2v) is 10.8. The third-order valence-electron chi connectivity index (χ3n) is 7.46. The predicted octanol–water partition coefficient (Wildman–Crippen LogP) is 2.53. The summed E-state index contributed by atoms with van der Waals surface area (Å²) in [5.74, 6) is -0.872. The number of rotatable bonds is 10. The predicted molar refractivity (Wildman–Crippen MR) is 142 cm³/mol. The topological polar surface area (TPSA) is 114 Å². The Morgan fingerprint density at radius 2 is 1.35 bits per heavy atom. The molecule has 0 radical (unpaired) electrons. The first-order valence-electron chi connectivity index (χ1n) is 13.7. The van der Waals surface area contributed by atoms with Gasteiger partial charge in [-0.3, -0.25) is 0 Å². The van der Waals surface area contributed by atoms with E-state index in [4.69, 9.17) is 37.9 Å². The second kappa shape index (κ2) is 12.9. The molecule has 0 aliphatic carbocycles. The lowest BCUT2D eigenvalue weighted by Crippen LogP contribution is -2.64. The maximum Gasteiger partial charge on any atom is 0.187 e. The average Bonchev–Trinajstić information content (AvgIpc) is 3.29. The highest BCUT2D eigenvalue weighted by molar-refractivity contribution is 5.14. The van der Waals surface area contributed by atoms with E-state index in [2.05, 4.69) is 0 Å². The number of fused-ring (bicyclic) bond motifs is 1. The van der Waals surface area contributed by atoms with Crippen LogP contribution in [0.15, 0.2) is 60.7 Å². The summed E-state index contributed by atoms with van der Waals surface area (Å²) in [4.78, 5) is 0. The molecule has 5 rings (SSSR count). The molecule has 0 spiro atoms. The Morgan fingerprint density at radius 3 is 1.93 bits per heavy atom. The van der Waals surface area contributed by atoms with Gasteiger partial charge in [-0.15, -0.1) is 0 Å². The van der Waals surface area contributed by atoms with E-state index in [0.29, 0.717) is 0 Å². The second-order valence-electron chi connectivity index (χ2n) is 10.8. The van der Waals surface area contributed by atoms with E-state index < -0.39 is 73.8 Å². The molecular weight excluding hydrogens is 520 g/mol. The number of aliphatic hydroxyl groups excluding tert-OH is 2. The highest BCUT2D eigenvalue weighted by atomic mass is 16.8. The standard InChI is InChI=1S/C30H40O10/c1-18-23(25-27(28(33-4)36-18)40-30(2,3)39-25)38-29-26(35-17-20-13-9-6-10-14-20)24(22(32)21(15-31)37-29)34-16-19-11-7-5-8-12-19/h5-14,18,21-29,31-32H,15-17H2,1-4H3/t18?,21?,22-,23-,24?,25+,26+,27?,28+,29-/m0/s1. The summed E-state index contributed by atoms with van der Waals surface area (Å²) in [5, 5.41) is 21.3. The first-order chi connectivity index (χ1) is 19.3. The lowest BCUT2D eigenvalue weighted by Gasteiger charge is -2.47. The number of aliphatic hydroxyl groups is 2. The van der Waals surface area contributed by atoms with Gasteiger partial charge in [0.05, 0.1) is 25.9 Å². The Kier molecular flexibility index (Phi) is 9.53. The van der Waals surface area contributed by atoms with Gasteiger partial charge < -0.3 is 48.1 Å². The molecule has 10 nitrogen and oxygen atoms in total. The monoisotopic (exact) mass is 560 g/mol. The number of ether oxygens (including phenoxy) is 8. The molecule has 4 unspecified atom stereocenters. The normalized spacial score (nSPS) is 37.2. The molecule has 0 saturated carbocycles. The molecule has 3 aliphatic rings. The molecule has 0 bridgehead atoms. The Balaban J connectivity index is 1.41. The number of hydrogen-bond acceptors (Lipinski definition) is 10. The first kappa shape index (κ1) is 29.5. The minimum atomic E-state index is -1.16. The van der Waals surface area contributed by atoms with Crippen LogP contribution < -0.4 is 0 Å². The van der Waals surface area contributed by atoms with E-state index in [1.54, 1.807) is 7.11 Å². The maximum atomic E-state index is 11.2. The summed E-state index contributed by atoms with van der Waals surface area (Å²) < 4.78 is 49.3. The Hall–Kier alpha value is -1.96. The van der Waals surface area contributed by atoms with Crippen LogP contribution in [0.2, 0.25) is 0 Å². The van der Waals surface area contributed by atoms with Crippen LogP contribution in [-0.2, 0) is 51.1 Å². The zero-order valence-electron chi connectivity index (χ0n) is 23.3. The van der Waals surface area contributed by atoms with Gasteiger partial charge in [-0.1, -0.05) is 60.7 Å². The van der Waals surface area contributed by atoms with Crippen LogP contribution in [0.1, 0.15) is 31.9 Å². The van der Waals surface area contributed by atoms with E-state index in [1.807, 2.05) is 81.4 Å². The quantitative estimate of drug-likeness (QED) is 0.449. The van der Waals surface area contributed by atoms with Gasteiger partial charge in [-0.2, -0.15) is 0 Å². The van der Waals surface area contributed by atoms with E-state index in [0.717, 1.165) is 11.1 Å².